The third kappa shape index (κ3) is 3.50. The lowest BCUT2D eigenvalue weighted by Crippen LogP contribution is -2.65. The number of alkyl halides is 3. The highest BCUT2D eigenvalue weighted by Crippen LogP contribution is 2.65. The Hall–Kier alpha value is -3.09. The molecule has 39 heavy (non-hydrogen) atoms. The molecular weight excluding hydrogens is 546 g/mol. The van der Waals surface area contributed by atoms with Gasteiger partial charge in [0.1, 0.15) is 23.8 Å². The van der Waals surface area contributed by atoms with Crippen molar-refractivity contribution in [2.45, 2.75) is 54.0 Å². The first-order valence-electron chi connectivity index (χ1n) is 12.0. The van der Waals surface area contributed by atoms with Gasteiger partial charge in [0.15, 0.2) is 0 Å². The Morgan fingerprint density at radius 3 is 2.54 bits per heavy atom. The van der Waals surface area contributed by atoms with Gasteiger partial charge in [-0.25, -0.2) is 17.5 Å². The topological polar surface area (TPSA) is 129 Å². The van der Waals surface area contributed by atoms with Gasteiger partial charge < -0.3 is 14.6 Å². The number of carbonyl (C=O) groups excluding carboxylic acids is 1. The Morgan fingerprint density at radius 1 is 1.21 bits per heavy atom. The summed E-state index contributed by atoms with van der Waals surface area (Å²) in [6.45, 7) is 1.45. The maximum atomic E-state index is 13.9. The molecule has 9 nitrogen and oxygen atoms in total. The van der Waals surface area contributed by atoms with Gasteiger partial charge in [-0.2, -0.15) is 18.4 Å². The number of benzene rings is 2. The Balaban J connectivity index is 1.41. The van der Waals surface area contributed by atoms with Gasteiger partial charge in [-0.1, -0.05) is 0 Å². The SMILES string of the molecule is C[C@]12O[C@@]3(CCO[C@H]4[C@@H]3[C@@H]1C(=O)N4c1ccc(C#N)c(C(F)(F)F)c1)[C@@H](O)[C@@H]2NS(=O)(=O)c1ccc(F)cc1. The van der Waals surface area contributed by atoms with Crippen LogP contribution >= 0.6 is 0 Å². The molecule has 0 aliphatic carbocycles. The summed E-state index contributed by atoms with van der Waals surface area (Å²) in [6.07, 6.45) is -7.26. The molecule has 206 valence electrons. The van der Waals surface area contributed by atoms with Crippen LogP contribution < -0.4 is 9.62 Å². The molecule has 4 fully saturated rings. The lowest BCUT2D eigenvalue weighted by molar-refractivity contribution is -0.164. The molecular formula is C25H21F4N3O6S. The number of anilines is 1. The number of amides is 1. The molecule has 2 aromatic carbocycles. The van der Waals surface area contributed by atoms with Gasteiger partial charge >= 0.3 is 6.18 Å². The van der Waals surface area contributed by atoms with Crippen LogP contribution in [0.2, 0.25) is 0 Å². The highest BCUT2D eigenvalue weighted by molar-refractivity contribution is 7.89. The number of halogens is 4. The van der Waals surface area contributed by atoms with Gasteiger partial charge in [0.25, 0.3) is 0 Å². The molecule has 2 aromatic rings. The maximum absolute atomic E-state index is 13.9. The van der Waals surface area contributed by atoms with Crippen molar-refractivity contribution in [3.05, 3.63) is 59.4 Å². The minimum Gasteiger partial charge on any atom is -0.388 e. The van der Waals surface area contributed by atoms with Crippen LogP contribution in [0.3, 0.4) is 0 Å². The number of hydrogen-bond acceptors (Lipinski definition) is 7. The predicted octanol–water partition coefficient (Wildman–Crippen LogP) is 2.29. The fourth-order valence-corrected chi connectivity index (χ4v) is 8.06. The van der Waals surface area contributed by atoms with Crippen LogP contribution in [0.1, 0.15) is 24.5 Å². The van der Waals surface area contributed by atoms with E-state index >= 15 is 0 Å². The first-order valence-corrected chi connectivity index (χ1v) is 13.4. The Bertz CT molecular complexity index is 1530. The number of carbonyl (C=O) groups is 1. The molecule has 0 aromatic heterocycles. The fourth-order valence-electron chi connectivity index (χ4n) is 6.73. The van der Waals surface area contributed by atoms with E-state index in [0.29, 0.717) is 6.07 Å². The standard InChI is InChI=1S/C25H21F4N3O6S/c1-23-17-18-22(32(21(17)34)14-5-2-12(11-30)16(10-14)25(27,28)29)37-9-8-24(18,38-23)20(33)19(23)31-39(35,36)15-6-3-13(26)4-7-15/h2-7,10,17-20,22,31,33H,8-9H2,1H3/t17-,18+,19+,20+,22+,23+,24-/m1/s1. The first kappa shape index (κ1) is 26.1. The average molecular weight is 568 g/mol. The van der Waals surface area contributed by atoms with Gasteiger partial charge in [0.2, 0.25) is 15.9 Å². The van der Waals surface area contributed by atoms with Crippen molar-refractivity contribution in [1.29, 1.82) is 5.26 Å². The summed E-state index contributed by atoms with van der Waals surface area (Å²) in [6, 6.07) is 7.13. The monoisotopic (exact) mass is 567 g/mol. The molecule has 1 spiro atoms. The summed E-state index contributed by atoms with van der Waals surface area (Å²) in [5.74, 6) is -3.19. The summed E-state index contributed by atoms with van der Waals surface area (Å²) in [5, 5.41) is 20.6. The zero-order chi connectivity index (χ0) is 28.1. The van der Waals surface area contributed by atoms with E-state index in [9.17, 15) is 35.9 Å². The minimum atomic E-state index is -4.86. The van der Waals surface area contributed by atoms with E-state index in [1.54, 1.807) is 0 Å². The highest BCUT2D eigenvalue weighted by atomic mass is 32.2. The molecule has 0 unspecified atom stereocenters. The lowest BCUT2D eigenvalue weighted by atomic mass is 9.63. The van der Waals surface area contributed by atoms with Crippen LogP contribution in [0.4, 0.5) is 23.2 Å². The van der Waals surface area contributed by atoms with Crippen molar-refractivity contribution < 1.29 is 45.4 Å². The normalized spacial score (nSPS) is 35.3. The molecule has 0 radical (unpaired) electrons. The van der Waals surface area contributed by atoms with Crippen LogP contribution in [-0.4, -0.2) is 55.6 Å². The number of nitrogens with one attached hydrogen (secondary N) is 1. The van der Waals surface area contributed by atoms with Crippen molar-refractivity contribution in [2.24, 2.45) is 11.8 Å². The second-order valence-electron chi connectivity index (χ2n) is 10.3. The third-order valence-electron chi connectivity index (χ3n) is 8.34. The van der Waals surface area contributed by atoms with E-state index in [2.05, 4.69) is 4.72 Å². The van der Waals surface area contributed by atoms with Gasteiger partial charge in [-0.15, -0.1) is 0 Å². The summed E-state index contributed by atoms with van der Waals surface area (Å²) >= 11 is 0. The summed E-state index contributed by atoms with van der Waals surface area (Å²) in [7, 11) is -4.29. The second-order valence-corrected chi connectivity index (χ2v) is 12.0. The molecule has 4 aliphatic rings. The lowest BCUT2D eigenvalue weighted by Gasteiger charge is -2.45. The van der Waals surface area contributed by atoms with E-state index in [4.69, 9.17) is 14.7 Å². The van der Waals surface area contributed by atoms with E-state index in [0.717, 1.165) is 35.2 Å². The van der Waals surface area contributed by atoms with E-state index in [-0.39, 0.29) is 23.6 Å². The van der Waals surface area contributed by atoms with Crippen LogP contribution in [-0.2, 0) is 30.5 Å². The quantitative estimate of drug-likeness (QED) is 0.543. The number of fused-ring (bicyclic) bond motifs is 2. The number of nitrogens with zero attached hydrogens (tertiary/aromatic N) is 2. The molecule has 1 amide bonds. The number of rotatable bonds is 4. The third-order valence-corrected chi connectivity index (χ3v) is 9.80. The summed E-state index contributed by atoms with van der Waals surface area (Å²) < 4.78 is 95.2. The van der Waals surface area contributed by atoms with Crippen molar-refractivity contribution in [2.75, 3.05) is 11.5 Å². The Labute approximate surface area is 220 Å². The molecule has 2 N–H and O–H groups in total. The second kappa shape index (κ2) is 8.21. The molecule has 14 heteroatoms. The van der Waals surface area contributed by atoms with Crippen LogP contribution in [0.25, 0.3) is 0 Å². The van der Waals surface area contributed by atoms with Crippen molar-refractivity contribution in [3.8, 4) is 6.07 Å². The molecule has 4 heterocycles. The molecule has 4 aliphatic heterocycles. The van der Waals surface area contributed by atoms with E-state index in [1.807, 2.05) is 0 Å². The first-order chi connectivity index (χ1) is 18.2. The molecule has 4 saturated heterocycles. The molecule has 7 atom stereocenters. The Kier molecular flexibility index (Phi) is 5.51. The molecule has 2 bridgehead atoms. The highest BCUT2D eigenvalue weighted by Gasteiger charge is 2.81. The average Bonchev–Trinajstić information content (AvgIpc) is 3.42. The zero-order valence-corrected chi connectivity index (χ0v) is 21.0. The van der Waals surface area contributed by atoms with Crippen LogP contribution in [0.15, 0.2) is 47.4 Å². The van der Waals surface area contributed by atoms with Gasteiger partial charge in [0.05, 0.1) is 52.2 Å². The summed E-state index contributed by atoms with van der Waals surface area (Å²) in [5.41, 5.74) is -4.98. The largest absolute Gasteiger partial charge is 0.417 e. The van der Waals surface area contributed by atoms with Gasteiger partial charge in [0, 0.05) is 12.1 Å². The van der Waals surface area contributed by atoms with Crippen molar-refractivity contribution in [1.82, 2.24) is 4.72 Å². The van der Waals surface area contributed by atoms with Crippen molar-refractivity contribution >= 4 is 21.6 Å². The fraction of sp³-hybridized carbons (Fsp3) is 0.440. The number of ether oxygens (including phenoxy) is 2. The number of nitriles is 1. The zero-order valence-electron chi connectivity index (χ0n) is 20.1. The van der Waals surface area contributed by atoms with Crippen LogP contribution in [0.5, 0.6) is 0 Å². The maximum Gasteiger partial charge on any atom is 0.417 e. The predicted molar refractivity (Wildman–Crippen MR) is 124 cm³/mol. The molecule has 6 rings (SSSR count). The van der Waals surface area contributed by atoms with Gasteiger partial charge in [-0.05, 0) is 49.4 Å². The number of hydrogen-bond donors (Lipinski definition) is 2. The van der Waals surface area contributed by atoms with Gasteiger partial charge in [-0.3, -0.25) is 9.69 Å². The van der Waals surface area contributed by atoms with Crippen LogP contribution in [0, 0.1) is 29.0 Å². The van der Waals surface area contributed by atoms with E-state index < -0.39 is 80.5 Å². The van der Waals surface area contributed by atoms with E-state index in [1.165, 1.54) is 19.1 Å². The summed E-state index contributed by atoms with van der Waals surface area (Å²) in [4.78, 5) is 14.7. The number of aliphatic hydroxyl groups excluding tert-OH is 1. The molecule has 0 saturated carbocycles. The number of sulfonamides is 1. The van der Waals surface area contributed by atoms with Crippen molar-refractivity contribution in [3.63, 3.8) is 0 Å². The minimum absolute atomic E-state index is 0.0232. The smallest absolute Gasteiger partial charge is 0.388 e. The Morgan fingerprint density at radius 2 is 1.90 bits per heavy atom. The number of aliphatic hydroxyl groups is 1.